The number of nitrogens with one attached hydrogen (secondary N) is 2. The maximum atomic E-state index is 5.82. The van der Waals surface area contributed by atoms with Crippen LogP contribution in [0.4, 0.5) is 17.1 Å². The molecule has 0 radical (unpaired) electrons. The molecule has 3 heteroatoms. The highest BCUT2D eigenvalue weighted by molar-refractivity contribution is 5.84. The summed E-state index contributed by atoms with van der Waals surface area (Å²) in [6.07, 6.45) is 0. The summed E-state index contributed by atoms with van der Waals surface area (Å²) in [4.78, 5) is 0. The van der Waals surface area contributed by atoms with Crippen molar-refractivity contribution >= 4 is 17.1 Å². The fraction of sp³-hybridized carbons (Fsp3) is 0.0769. The summed E-state index contributed by atoms with van der Waals surface area (Å²) >= 11 is 0. The Hall–Kier alpha value is -2.16. The summed E-state index contributed by atoms with van der Waals surface area (Å²) in [7, 11) is 1.90. The van der Waals surface area contributed by atoms with Crippen molar-refractivity contribution in [3.63, 3.8) is 0 Å². The van der Waals surface area contributed by atoms with Crippen LogP contribution in [-0.2, 0) is 0 Å². The summed E-state index contributed by atoms with van der Waals surface area (Å²) in [6.45, 7) is 0. The highest BCUT2D eigenvalue weighted by atomic mass is 16.5. The van der Waals surface area contributed by atoms with Gasteiger partial charge in [-0.15, -0.1) is 0 Å². The highest BCUT2D eigenvalue weighted by Crippen LogP contribution is 2.44. The molecule has 80 valence electrons. The number of anilines is 3. The zero-order valence-corrected chi connectivity index (χ0v) is 8.95. The normalized spacial score (nSPS) is 11.8. The standard InChI is InChI=1S/C13H12N2O/c1-14-10-6-4-8-12-13(10)15-9-5-2-3-7-11(9)16-12/h2-8,14-15H,1H3. The van der Waals surface area contributed by atoms with Crippen molar-refractivity contribution in [2.45, 2.75) is 0 Å². The fourth-order valence-electron chi connectivity index (χ4n) is 1.87. The predicted molar refractivity (Wildman–Crippen MR) is 65.8 cm³/mol. The van der Waals surface area contributed by atoms with E-state index in [4.69, 9.17) is 4.74 Å². The number of para-hydroxylation sites is 3. The van der Waals surface area contributed by atoms with E-state index in [0.717, 1.165) is 28.6 Å². The molecule has 0 aromatic heterocycles. The molecule has 0 spiro atoms. The summed E-state index contributed by atoms with van der Waals surface area (Å²) < 4.78 is 5.82. The summed E-state index contributed by atoms with van der Waals surface area (Å²) in [6, 6.07) is 13.9. The van der Waals surface area contributed by atoms with Crippen LogP contribution in [0.15, 0.2) is 42.5 Å². The van der Waals surface area contributed by atoms with Crippen LogP contribution < -0.4 is 15.4 Å². The Balaban J connectivity index is 2.12. The molecule has 0 unspecified atom stereocenters. The zero-order chi connectivity index (χ0) is 11.0. The first-order chi connectivity index (χ1) is 7.88. The van der Waals surface area contributed by atoms with Crippen LogP contribution >= 0.6 is 0 Å². The van der Waals surface area contributed by atoms with Crippen molar-refractivity contribution in [1.29, 1.82) is 0 Å². The molecule has 0 saturated heterocycles. The fourth-order valence-corrected chi connectivity index (χ4v) is 1.87. The van der Waals surface area contributed by atoms with Gasteiger partial charge in [-0.2, -0.15) is 0 Å². The molecule has 16 heavy (non-hydrogen) atoms. The van der Waals surface area contributed by atoms with Gasteiger partial charge in [0.2, 0.25) is 0 Å². The van der Waals surface area contributed by atoms with Crippen molar-refractivity contribution in [3.05, 3.63) is 42.5 Å². The van der Waals surface area contributed by atoms with Gasteiger partial charge in [0.05, 0.1) is 11.4 Å². The average Bonchev–Trinajstić information content (AvgIpc) is 2.35. The van der Waals surface area contributed by atoms with E-state index in [9.17, 15) is 0 Å². The lowest BCUT2D eigenvalue weighted by atomic mass is 10.2. The lowest BCUT2D eigenvalue weighted by Crippen LogP contribution is -2.05. The molecule has 0 saturated carbocycles. The van der Waals surface area contributed by atoms with E-state index >= 15 is 0 Å². The number of ether oxygens (including phenoxy) is 1. The molecule has 3 nitrogen and oxygen atoms in total. The maximum Gasteiger partial charge on any atom is 0.153 e. The van der Waals surface area contributed by atoms with Crippen LogP contribution in [-0.4, -0.2) is 7.05 Å². The minimum absolute atomic E-state index is 0.852. The third-order valence-corrected chi connectivity index (χ3v) is 2.66. The van der Waals surface area contributed by atoms with E-state index < -0.39 is 0 Å². The largest absolute Gasteiger partial charge is 0.453 e. The zero-order valence-electron chi connectivity index (χ0n) is 8.95. The minimum atomic E-state index is 0.852. The second kappa shape index (κ2) is 3.45. The third-order valence-electron chi connectivity index (χ3n) is 2.66. The molecule has 1 aliphatic heterocycles. The van der Waals surface area contributed by atoms with E-state index in [2.05, 4.69) is 10.6 Å². The van der Waals surface area contributed by atoms with Crippen molar-refractivity contribution in [2.75, 3.05) is 17.7 Å². The van der Waals surface area contributed by atoms with E-state index in [1.165, 1.54) is 0 Å². The topological polar surface area (TPSA) is 33.3 Å². The van der Waals surface area contributed by atoms with Gasteiger partial charge in [-0.25, -0.2) is 0 Å². The first-order valence-electron chi connectivity index (χ1n) is 5.23. The first-order valence-corrected chi connectivity index (χ1v) is 5.23. The number of hydrogen-bond acceptors (Lipinski definition) is 3. The first kappa shape index (κ1) is 9.09. The monoisotopic (exact) mass is 212 g/mol. The molecule has 0 aliphatic carbocycles. The second-order valence-corrected chi connectivity index (χ2v) is 3.65. The molecule has 1 aliphatic rings. The minimum Gasteiger partial charge on any atom is -0.453 e. The summed E-state index contributed by atoms with van der Waals surface area (Å²) in [5.74, 6) is 1.72. The Bertz CT molecular complexity index is 537. The predicted octanol–water partition coefficient (Wildman–Crippen LogP) is 3.58. The summed E-state index contributed by atoms with van der Waals surface area (Å²) in [5.41, 5.74) is 3.02. The molecule has 2 aromatic carbocycles. The van der Waals surface area contributed by atoms with Crippen molar-refractivity contribution in [1.82, 2.24) is 0 Å². The van der Waals surface area contributed by atoms with Crippen LogP contribution in [0.2, 0.25) is 0 Å². The van der Waals surface area contributed by atoms with Crippen LogP contribution in [0.3, 0.4) is 0 Å². The van der Waals surface area contributed by atoms with E-state index in [1.54, 1.807) is 0 Å². The number of benzene rings is 2. The molecule has 2 N–H and O–H groups in total. The Morgan fingerprint density at radius 3 is 2.69 bits per heavy atom. The maximum absolute atomic E-state index is 5.82. The highest BCUT2D eigenvalue weighted by Gasteiger charge is 2.17. The molecular formula is C13H12N2O. The molecule has 0 fully saturated rings. The summed E-state index contributed by atoms with van der Waals surface area (Å²) in [5, 5.41) is 6.52. The molecule has 2 aromatic rings. The van der Waals surface area contributed by atoms with E-state index in [1.807, 2.05) is 49.5 Å². The van der Waals surface area contributed by atoms with Gasteiger partial charge >= 0.3 is 0 Å². The van der Waals surface area contributed by atoms with Gasteiger partial charge in [-0.05, 0) is 24.3 Å². The van der Waals surface area contributed by atoms with Crippen molar-refractivity contribution in [2.24, 2.45) is 0 Å². The van der Waals surface area contributed by atoms with Gasteiger partial charge in [0.25, 0.3) is 0 Å². The van der Waals surface area contributed by atoms with Crippen molar-refractivity contribution in [3.8, 4) is 11.5 Å². The lowest BCUT2D eigenvalue weighted by molar-refractivity contribution is 0.481. The van der Waals surface area contributed by atoms with Gasteiger partial charge in [-0.3, -0.25) is 0 Å². The van der Waals surface area contributed by atoms with Crippen LogP contribution in [0, 0.1) is 0 Å². The molecule has 1 heterocycles. The number of fused-ring (bicyclic) bond motifs is 2. The molecule has 0 bridgehead atoms. The number of hydrogen-bond donors (Lipinski definition) is 2. The van der Waals surface area contributed by atoms with E-state index in [0.29, 0.717) is 0 Å². The number of rotatable bonds is 1. The molecular weight excluding hydrogens is 200 g/mol. The van der Waals surface area contributed by atoms with E-state index in [-0.39, 0.29) is 0 Å². The SMILES string of the molecule is CNc1cccc2c1Nc1ccccc1O2. The Labute approximate surface area is 94.1 Å². The van der Waals surface area contributed by atoms with Crippen molar-refractivity contribution < 1.29 is 4.74 Å². The van der Waals surface area contributed by atoms with Crippen LogP contribution in [0.25, 0.3) is 0 Å². The smallest absolute Gasteiger partial charge is 0.153 e. The Kier molecular flexibility index (Phi) is 1.96. The molecule has 0 amide bonds. The lowest BCUT2D eigenvalue weighted by Gasteiger charge is -2.23. The Morgan fingerprint density at radius 2 is 1.81 bits per heavy atom. The third kappa shape index (κ3) is 1.29. The molecule has 3 rings (SSSR count). The second-order valence-electron chi connectivity index (χ2n) is 3.65. The van der Waals surface area contributed by atoms with Gasteiger partial charge in [0, 0.05) is 7.05 Å². The van der Waals surface area contributed by atoms with Gasteiger partial charge in [0.1, 0.15) is 5.69 Å². The molecule has 0 atom stereocenters. The van der Waals surface area contributed by atoms with Gasteiger partial charge in [-0.1, -0.05) is 18.2 Å². The van der Waals surface area contributed by atoms with Crippen LogP contribution in [0.1, 0.15) is 0 Å². The van der Waals surface area contributed by atoms with Crippen LogP contribution in [0.5, 0.6) is 11.5 Å². The van der Waals surface area contributed by atoms with Gasteiger partial charge in [0.15, 0.2) is 11.5 Å². The van der Waals surface area contributed by atoms with Gasteiger partial charge < -0.3 is 15.4 Å². The Morgan fingerprint density at radius 1 is 1.00 bits per heavy atom. The average molecular weight is 212 g/mol. The quantitative estimate of drug-likeness (QED) is 0.646.